The molecule has 1 heteroatoms. The van der Waals surface area contributed by atoms with Crippen LogP contribution in [0.3, 0.4) is 0 Å². The van der Waals surface area contributed by atoms with Crippen molar-refractivity contribution in [3.63, 3.8) is 0 Å². The van der Waals surface area contributed by atoms with Crippen LogP contribution in [0.1, 0.15) is 47.2 Å². The Bertz CT molecular complexity index is 615. The molecule has 0 aliphatic heterocycles. The van der Waals surface area contributed by atoms with Crippen molar-refractivity contribution in [2.45, 2.75) is 45.6 Å². The molecule has 1 nitrogen and oxygen atoms in total. The average Bonchev–Trinajstić information content (AvgIpc) is 2.95. The van der Waals surface area contributed by atoms with E-state index in [4.69, 9.17) is 0 Å². The van der Waals surface area contributed by atoms with Crippen molar-refractivity contribution in [1.29, 1.82) is 0 Å². The van der Waals surface area contributed by atoms with E-state index in [1.54, 1.807) is 11.1 Å². The molecule has 2 aromatic rings. The SMILES string of the molecule is CCNC(Cc1ccc2c(c1)CCC2)c1ccccc1C. The van der Waals surface area contributed by atoms with Crippen LogP contribution in [-0.4, -0.2) is 6.54 Å². The van der Waals surface area contributed by atoms with Gasteiger partial charge in [0.1, 0.15) is 0 Å². The first-order valence-corrected chi connectivity index (χ1v) is 8.17. The monoisotopic (exact) mass is 279 g/mol. The van der Waals surface area contributed by atoms with Crippen LogP contribution in [0.25, 0.3) is 0 Å². The van der Waals surface area contributed by atoms with E-state index in [-0.39, 0.29) is 0 Å². The number of aryl methyl sites for hydroxylation is 3. The second-order valence-electron chi connectivity index (χ2n) is 6.13. The molecule has 1 atom stereocenters. The second kappa shape index (κ2) is 6.44. The minimum absolute atomic E-state index is 0.413. The van der Waals surface area contributed by atoms with E-state index in [9.17, 15) is 0 Å². The van der Waals surface area contributed by atoms with Gasteiger partial charge in [0.2, 0.25) is 0 Å². The van der Waals surface area contributed by atoms with Crippen LogP contribution in [0.15, 0.2) is 42.5 Å². The third-order valence-electron chi connectivity index (χ3n) is 4.62. The summed E-state index contributed by atoms with van der Waals surface area (Å²) in [6, 6.07) is 16.3. The standard InChI is InChI=1S/C20H25N/c1-3-21-20(19-10-5-4-7-15(19)2)14-16-11-12-17-8-6-9-18(17)13-16/h4-5,7,10-13,20-21H,3,6,8-9,14H2,1-2H3. The van der Waals surface area contributed by atoms with Crippen LogP contribution >= 0.6 is 0 Å². The molecule has 0 saturated carbocycles. The summed E-state index contributed by atoms with van der Waals surface area (Å²) in [5, 5.41) is 3.66. The Balaban J connectivity index is 1.84. The van der Waals surface area contributed by atoms with Gasteiger partial charge in [-0.15, -0.1) is 0 Å². The van der Waals surface area contributed by atoms with Gasteiger partial charge in [-0.25, -0.2) is 0 Å². The first-order valence-electron chi connectivity index (χ1n) is 8.17. The molecule has 0 bridgehead atoms. The van der Waals surface area contributed by atoms with Gasteiger partial charge in [-0.1, -0.05) is 49.4 Å². The molecule has 0 spiro atoms. The van der Waals surface area contributed by atoms with E-state index in [1.165, 1.54) is 36.0 Å². The van der Waals surface area contributed by atoms with Gasteiger partial charge in [-0.2, -0.15) is 0 Å². The molecule has 0 aromatic heterocycles. The summed E-state index contributed by atoms with van der Waals surface area (Å²) in [5.41, 5.74) is 7.41. The fraction of sp³-hybridized carbons (Fsp3) is 0.400. The zero-order valence-electron chi connectivity index (χ0n) is 13.2. The van der Waals surface area contributed by atoms with Gasteiger partial charge >= 0.3 is 0 Å². The van der Waals surface area contributed by atoms with Gasteiger partial charge in [-0.05, 0) is 67.0 Å². The van der Waals surface area contributed by atoms with Gasteiger partial charge in [0.25, 0.3) is 0 Å². The summed E-state index contributed by atoms with van der Waals surface area (Å²) in [4.78, 5) is 0. The molecule has 1 N–H and O–H groups in total. The minimum Gasteiger partial charge on any atom is -0.310 e. The Morgan fingerprint density at radius 1 is 1.05 bits per heavy atom. The number of hydrogen-bond donors (Lipinski definition) is 1. The molecule has 2 aromatic carbocycles. The summed E-state index contributed by atoms with van der Waals surface area (Å²) >= 11 is 0. The predicted octanol–water partition coefficient (Wildman–Crippen LogP) is 4.38. The molecule has 1 aliphatic carbocycles. The summed E-state index contributed by atoms with van der Waals surface area (Å²) in [6.45, 7) is 5.40. The Kier molecular flexibility index (Phi) is 4.40. The molecule has 0 saturated heterocycles. The van der Waals surface area contributed by atoms with E-state index in [0.717, 1.165) is 13.0 Å². The molecular formula is C20H25N. The maximum atomic E-state index is 3.66. The van der Waals surface area contributed by atoms with Gasteiger partial charge < -0.3 is 5.32 Å². The van der Waals surface area contributed by atoms with E-state index in [0.29, 0.717) is 6.04 Å². The topological polar surface area (TPSA) is 12.0 Å². The highest BCUT2D eigenvalue weighted by atomic mass is 14.9. The Hall–Kier alpha value is -1.60. The van der Waals surface area contributed by atoms with Crippen molar-refractivity contribution in [2.24, 2.45) is 0 Å². The van der Waals surface area contributed by atoms with Gasteiger partial charge in [-0.3, -0.25) is 0 Å². The Labute approximate surface area is 128 Å². The van der Waals surface area contributed by atoms with Gasteiger partial charge in [0.05, 0.1) is 0 Å². The quantitative estimate of drug-likeness (QED) is 0.856. The molecule has 0 radical (unpaired) electrons. The van der Waals surface area contributed by atoms with Crippen molar-refractivity contribution in [2.75, 3.05) is 6.54 Å². The maximum Gasteiger partial charge on any atom is 0.0363 e. The molecule has 0 amide bonds. The lowest BCUT2D eigenvalue weighted by molar-refractivity contribution is 0.547. The van der Waals surface area contributed by atoms with E-state index in [2.05, 4.69) is 61.6 Å². The number of hydrogen-bond acceptors (Lipinski definition) is 1. The lowest BCUT2D eigenvalue weighted by Crippen LogP contribution is -2.23. The minimum atomic E-state index is 0.413. The summed E-state index contributed by atoms with van der Waals surface area (Å²) in [7, 11) is 0. The zero-order chi connectivity index (χ0) is 14.7. The first-order chi connectivity index (χ1) is 10.3. The highest BCUT2D eigenvalue weighted by molar-refractivity contribution is 5.37. The third kappa shape index (κ3) is 3.19. The molecule has 0 heterocycles. The van der Waals surface area contributed by atoms with E-state index in [1.807, 2.05) is 0 Å². The molecule has 21 heavy (non-hydrogen) atoms. The lowest BCUT2D eigenvalue weighted by atomic mass is 9.94. The summed E-state index contributed by atoms with van der Waals surface area (Å²) in [6.07, 6.45) is 4.93. The van der Waals surface area contributed by atoms with Gasteiger partial charge in [0.15, 0.2) is 0 Å². The zero-order valence-corrected chi connectivity index (χ0v) is 13.2. The molecule has 110 valence electrons. The Morgan fingerprint density at radius 2 is 1.86 bits per heavy atom. The van der Waals surface area contributed by atoms with Crippen LogP contribution in [0.2, 0.25) is 0 Å². The normalized spacial score (nSPS) is 15.0. The van der Waals surface area contributed by atoms with E-state index >= 15 is 0 Å². The molecule has 0 fully saturated rings. The molecule has 1 aliphatic rings. The van der Waals surface area contributed by atoms with Crippen LogP contribution in [0, 0.1) is 6.92 Å². The molecule has 1 unspecified atom stereocenters. The van der Waals surface area contributed by atoms with Crippen molar-refractivity contribution >= 4 is 0 Å². The Morgan fingerprint density at radius 3 is 2.67 bits per heavy atom. The lowest BCUT2D eigenvalue weighted by Gasteiger charge is -2.21. The largest absolute Gasteiger partial charge is 0.310 e. The van der Waals surface area contributed by atoms with Crippen LogP contribution in [0.4, 0.5) is 0 Å². The van der Waals surface area contributed by atoms with Crippen molar-refractivity contribution in [1.82, 2.24) is 5.32 Å². The number of nitrogens with one attached hydrogen (secondary N) is 1. The summed E-state index contributed by atoms with van der Waals surface area (Å²) in [5.74, 6) is 0. The number of benzene rings is 2. The number of rotatable bonds is 5. The highest BCUT2D eigenvalue weighted by Gasteiger charge is 2.15. The average molecular weight is 279 g/mol. The van der Waals surface area contributed by atoms with Crippen molar-refractivity contribution < 1.29 is 0 Å². The fourth-order valence-corrected chi connectivity index (χ4v) is 3.50. The first kappa shape index (κ1) is 14.3. The van der Waals surface area contributed by atoms with E-state index < -0.39 is 0 Å². The predicted molar refractivity (Wildman–Crippen MR) is 89.8 cm³/mol. The van der Waals surface area contributed by atoms with Gasteiger partial charge in [0, 0.05) is 6.04 Å². The number of likely N-dealkylation sites (N-methyl/N-ethyl adjacent to an activating group) is 1. The fourth-order valence-electron chi connectivity index (χ4n) is 3.50. The number of fused-ring (bicyclic) bond motifs is 1. The molecule has 3 rings (SSSR count). The maximum absolute atomic E-state index is 3.66. The van der Waals surface area contributed by atoms with Crippen LogP contribution < -0.4 is 5.32 Å². The highest BCUT2D eigenvalue weighted by Crippen LogP contribution is 2.26. The smallest absolute Gasteiger partial charge is 0.0363 e. The second-order valence-corrected chi connectivity index (χ2v) is 6.13. The van der Waals surface area contributed by atoms with Crippen LogP contribution in [0.5, 0.6) is 0 Å². The van der Waals surface area contributed by atoms with Crippen molar-refractivity contribution in [3.8, 4) is 0 Å². The van der Waals surface area contributed by atoms with Crippen LogP contribution in [-0.2, 0) is 19.3 Å². The summed E-state index contributed by atoms with van der Waals surface area (Å²) < 4.78 is 0. The molecular weight excluding hydrogens is 254 g/mol. The van der Waals surface area contributed by atoms with Crippen molar-refractivity contribution in [3.05, 3.63) is 70.3 Å². The third-order valence-corrected chi connectivity index (χ3v) is 4.62.